The number of carbonyl (C=O) groups is 2. The Morgan fingerprint density at radius 1 is 1.32 bits per heavy atom. The first-order valence-corrected chi connectivity index (χ1v) is 6.40. The zero-order valence-corrected chi connectivity index (χ0v) is 11.9. The van der Waals surface area contributed by atoms with Gasteiger partial charge in [0.05, 0.1) is 13.2 Å². The lowest BCUT2D eigenvalue weighted by atomic mass is 10.2. The molecule has 0 aromatic carbocycles. The second kappa shape index (κ2) is 10.6. The first-order chi connectivity index (χ1) is 8.91. The molecule has 0 saturated heterocycles. The fourth-order valence-electron chi connectivity index (χ4n) is 1.27. The van der Waals surface area contributed by atoms with Gasteiger partial charge in [-0.2, -0.15) is 0 Å². The number of aliphatic carboxylic acids is 1. The van der Waals surface area contributed by atoms with Crippen LogP contribution in [0.5, 0.6) is 0 Å². The largest absolute Gasteiger partial charge is 0.481 e. The average molecular weight is 275 g/mol. The number of hydrogen-bond acceptors (Lipinski definition) is 4. The molecule has 0 heterocycles. The summed E-state index contributed by atoms with van der Waals surface area (Å²) in [6.45, 7) is 4.15. The highest BCUT2D eigenvalue weighted by molar-refractivity contribution is 5.74. The fraction of sp³-hybridized carbons (Fsp3) is 0.833. The molecule has 2 amide bonds. The van der Waals surface area contributed by atoms with E-state index in [4.69, 9.17) is 9.84 Å². The van der Waals surface area contributed by atoms with Gasteiger partial charge in [-0.25, -0.2) is 4.79 Å². The summed E-state index contributed by atoms with van der Waals surface area (Å²) in [5.41, 5.74) is 0. The number of amides is 2. The van der Waals surface area contributed by atoms with E-state index in [1.54, 1.807) is 6.92 Å². The van der Waals surface area contributed by atoms with Crippen molar-refractivity contribution in [2.24, 2.45) is 0 Å². The zero-order valence-electron chi connectivity index (χ0n) is 11.9. The topological polar surface area (TPSA) is 90.9 Å². The molecule has 0 bridgehead atoms. The standard InChI is InChI=1S/C12H25N3O4/c1-10(4-5-11(16)17)14-12(18)13-6-8-19-9-7-15(2)3/h10H,4-9H2,1-3H3,(H,16,17)(H2,13,14,18). The molecule has 0 aliphatic heterocycles. The highest BCUT2D eigenvalue weighted by Crippen LogP contribution is 1.95. The van der Waals surface area contributed by atoms with Crippen molar-refractivity contribution in [1.29, 1.82) is 0 Å². The van der Waals surface area contributed by atoms with Gasteiger partial charge in [0.1, 0.15) is 0 Å². The Bertz CT molecular complexity index is 272. The number of nitrogens with one attached hydrogen (secondary N) is 2. The van der Waals surface area contributed by atoms with Crippen molar-refractivity contribution < 1.29 is 19.4 Å². The lowest BCUT2D eigenvalue weighted by Gasteiger charge is -2.14. The van der Waals surface area contributed by atoms with E-state index >= 15 is 0 Å². The van der Waals surface area contributed by atoms with E-state index in [2.05, 4.69) is 10.6 Å². The second-order valence-corrected chi connectivity index (χ2v) is 4.65. The molecule has 112 valence electrons. The Hall–Kier alpha value is -1.34. The van der Waals surface area contributed by atoms with Crippen LogP contribution in [0.2, 0.25) is 0 Å². The predicted octanol–water partition coefficient (Wildman–Crippen LogP) is 0.117. The SMILES string of the molecule is CC(CCC(=O)O)NC(=O)NCCOCCN(C)C. The van der Waals surface area contributed by atoms with E-state index in [1.807, 2.05) is 19.0 Å². The van der Waals surface area contributed by atoms with Gasteiger partial charge in [0.15, 0.2) is 0 Å². The van der Waals surface area contributed by atoms with Crippen molar-refractivity contribution in [3.8, 4) is 0 Å². The predicted molar refractivity (Wildman–Crippen MR) is 72.2 cm³/mol. The van der Waals surface area contributed by atoms with Crippen LogP contribution in [0.1, 0.15) is 19.8 Å². The van der Waals surface area contributed by atoms with Gasteiger partial charge in [0.2, 0.25) is 0 Å². The second-order valence-electron chi connectivity index (χ2n) is 4.65. The number of urea groups is 1. The summed E-state index contributed by atoms with van der Waals surface area (Å²) in [5, 5.41) is 13.8. The number of likely N-dealkylation sites (N-methyl/N-ethyl adjacent to an activating group) is 1. The van der Waals surface area contributed by atoms with Crippen LogP contribution >= 0.6 is 0 Å². The van der Waals surface area contributed by atoms with Gasteiger partial charge in [-0.05, 0) is 27.4 Å². The highest BCUT2D eigenvalue weighted by Gasteiger charge is 2.08. The number of carboxylic acid groups (broad SMARTS) is 1. The molecule has 7 heteroatoms. The third-order valence-electron chi connectivity index (χ3n) is 2.38. The van der Waals surface area contributed by atoms with Crippen molar-refractivity contribution in [2.45, 2.75) is 25.8 Å². The number of hydrogen-bond donors (Lipinski definition) is 3. The molecule has 0 aliphatic rings. The quantitative estimate of drug-likeness (QED) is 0.493. The maximum absolute atomic E-state index is 11.4. The maximum atomic E-state index is 11.4. The lowest BCUT2D eigenvalue weighted by molar-refractivity contribution is -0.137. The van der Waals surface area contributed by atoms with Crippen LogP contribution in [-0.2, 0) is 9.53 Å². The Kier molecular flexibility index (Phi) is 9.82. The minimum atomic E-state index is -0.858. The summed E-state index contributed by atoms with van der Waals surface area (Å²) in [6, 6.07) is -0.458. The van der Waals surface area contributed by atoms with Crippen molar-refractivity contribution in [1.82, 2.24) is 15.5 Å². The molecule has 0 spiro atoms. The molecular weight excluding hydrogens is 250 g/mol. The Labute approximate surface area is 114 Å². The summed E-state index contributed by atoms with van der Waals surface area (Å²) in [6.07, 6.45) is 0.469. The molecule has 7 nitrogen and oxygen atoms in total. The molecule has 19 heavy (non-hydrogen) atoms. The number of carboxylic acids is 1. The summed E-state index contributed by atoms with van der Waals surface area (Å²) < 4.78 is 5.32. The van der Waals surface area contributed by atoms with Gasteiger partial charge in [-0.15, -0.1) is 0 Å². The summed E-state index contributed by atoms with van der Waals surface area (Å²) in [5.74, 6) is -0.858. The van der Waals surface area contributed by atoms with Gasteiger partial charge >= 0.3 is 12.0 Å². The molecule has 1 atom stereocenters. The molecule has 0 saturated carbocycles. The van der Waals surface area contributed by atoms with Crippen LogP contribution in [0, 0.1) is 0 Å². The normalized spacial score (nSPS) is 12.2. The van der Waals surface area contributed by atoms with Gasteiger partial charge in [-0.1, -0.05) is 0 Å². The number of ether oxygens (including phenoxy) is 1. The van der Waals surface area contributed by atoms with Crippen molar-refractivity contribution in [3.63, 3.8) is 0 Å². The van der Waals surface area contributed by atoms with E-state index in [0.717, 1.165) is 6.54 Å². The number of nitrogens with zero attached hydrogens (tertiary/aromatic N) is 1. The van der Waals surface area contributed by atoms with Gasteiger partial charge < -0.3 is 25.4 Å². The molecular formula is C12H25N3O4. The molecule has 0 aromatic rings. The zero-order chi connectivity index (χ0) is 14.7. The van der Waals surface area contributed by atoms with Crippen molar-refractivity contribution in [3.05, 3.63) is 0 Å². The monoisotopic (exact) mass is 275 g/mol. The Morgan fingerprint density at radius 2 is 2.00 bits per heavy atom. The molecule has 0 aliphatic carbocycles. The molecule has 3 N–H and O–H groups in total. The highest BCUT2D eigenvalue weighted by atomic mass is 16.5. The summed E-state index contributed by atoms with van der Waals surface area (Å²) in [4.78, 5) is 23.8. The van der Waals surface area contributed by atoms with Gasteiger partial charge in [0, 0.05) is 25.6 Å². The molecule has 1 unspecified atom stereocenters. The maximum Gasteiger partial charge on any atom is 0.315 e. The first kappa shape index (κ1) is 17.7. The molecule has 0 rings (SSSR count). The third-order valence-corrected chi connectivity index (χ3v) is 2.38. The minimum Gasteiger partial charge on any atom is -0.481 e. The van der Waals surface area contributed by atoms with Gasteiger partial charge in [0.25, 0.3) is 0 Å². The Balaban J connectivity index is 3.45. The van der Waals surface area contributed by atoms with Crippen LogP contribution in [0.4, 0.5) is 4.79 Å². The van der Waals surface area contributed by atoms with E-state index in [0.29, 0.717) is 26.2 Å². The van der Waals surface area contributed by atoms with Crippen LogP contribution in [-0.4, -0.2) is 68.4 Å². The first-order valence-electron chi connectivity index (χ1n) is 6.40. The molecule has 0 aromatic heterocycles. The smallest absolute Gasteiger partial charge is 0.315 e. The van der Waals surface area contributed by atoms with E-state index in [9.17, 15) is 9.59 Å². The van der Waals surface area contributed by atoms with Crippen LogP contribution in [0.15, 0.2) is 0 Å². The van der Waals surface area contributed by atoms with Crippen molar-refractivity contribution in [2.75, 3.05) is 40.4 Å². The van der Waals surface area contributed by atoms with E-state index in [1.165, 1.54) is 0 Å². The lowest BCUT2D eigenvalue weighted by Crippen LogP contribution is -2.42. The van der Waals surface area contributed by atoms with Crippen LogP contribution in [0.25, 0.3) is 0 Å². The third kappa shape index (κ3) is 12.9. The van der Waals surface area contributed by atoms with Crippen LogP contribution < -0.4 is 10.6 Å². The minimum absolute atomic E-state index is 0.0507. The Morgan fingerprint density at radius 3 is 2.58 bits per heavy atom. The number of carbonyl (C=O) groups excluding carboxylic acids is 1. The summed E-state index contributed by atoms with van der Waals surface area (Å²) in [7, 11) is 3.93. The number of rotatable bonds is 10. The van der Waals surface area contributed by atoms with Gasteiger partial charge in [-0.3, -0.25) is 4.79 Å². The average Bonchev–Trinajstić information content (AvgIpc) is 2.30. The molecule has 0 fully saturated rings. The summed E-state index contributed by atoms with van der Waals surface area (Å²) >= 11 is 0. The van der Waals surface area contributed by atoms with Crippen molar-refractivity contribution >= 4 is 12.0 Å². The molecule has 0 radical (unpaired) electrons. The van der Waals surface area contributed by atoms with E-state index in [-0.39, 0.29) is 18.5 Å². The van der Waals surface area contributed by atoms with Crippen LogP contribution in [0.3, 0.4) is 0 Å². The fourth-order valence-corrected chi connectivity index (χ4v) is 1.27. The van der Waals surface area contributed by atoms with E-state index < -0.39 is 5.97 Å².